The molecule has 2 fully saturated rings. The van der Waals surface area contributed by atoms with Gasteiger partial charge in [-0.1, -0.05) is 23.9 Å². The summed E-state index contributed by atoms with van der Waals surface area (Å²) < 4.78 is 28.1. The van der Waals surface area contributed by atoms with Crippen LogP contribution in [-0.4, -0.2) is 71.1 Å². The first kappa shape index (κ1) is 24.9. The Hall–Kier alpha value is -2.24. The lowest BCUT2D eigenvalue weighted by Crippen LogP contribution is -2.44. The topological polar surface area (TPSA) is 116 Å². The molecule has 4 rings (SSSR count). The Kier molecular flexibility index (Phi) is 7.16. The van der Waals surface area contributed by atoms with E-state index in [-0.39, 0.29) is 35.4 Å². The van der Waals surface area contributed by atoms with Crippen molar-refractivity contribution in [3.05, 3.63) is 45.4 Å². The summed E-state index contributed by atoms with van der Waals surface area (Å²) in [7, 11) is -3.53. The van der Waals surface area contributed by atoms with Gasteiger partial charge in [0, 0.05) is 39.0 Å². The van der Waals surface area contributed by atoms with Gasteiger partial charge in [0.25, 0.3) is 5.56 Å². The zero-order valence-electron chi connectivity index (χ0n) is 19.8. The second-order valence-corrected chi connectivity index (χ2v) is 12.0. The molecule has 11 heteroatoms. The van der Waals surface area contributed by atoms with Gasteiger partial charge >= 0.3 is 0 Å². The van der Waals surface area contributed by atoms with Crippen molar-refractivity contribution in [1.29, 1.82) is 0 Å². The maximum atomic E-state index is 13.2. The van der Waals surface area contributed by atoms with Crippen LogP contribution >= 0.6 is 11.8 Å². The van der Waals surface area contributed by atoms with Crippen molar-refractivity contribution >= 4 is 27.7 Å². The highest BCUT2D eigenvalue weighted by Gasteiger charge is 2.44. The maximum absolute atomic E-state index is 13.2. The highest BCUT2D eigenvalue weighted by Crippen LogP contribution is 2.41. The van der Waals surface area contributed by atoms with Crippen molar-refractivity contribution in [2.75, 3.05) is 32.4 Å². The fourth-order valence-corrected chi connectivity index (χ4v) is 6.93. The number of rotatable bonds is 6. The van der Waals surface area contributed by atoms with Gasteiger partial charge in [-0.15, -0.1) is 10.2 Å². The molecule has 9 nitrogen and oxygen atoms in total. The van der Waals surface area contributed by atoms with E-state index < -0.39 is 10.0 Å². The number of likely N-dealkylation sites (tertiary alicyclic amines) is 1. The number of H-pyrrole nitrogens is 1. The van der Waals surface area contributed by atoms with Crippen LogP contribution in [0.5, 0.6) is 0 Å². The normalized spacial score (nSPS) is 18.5. The molecule has 1 amide bonds. The van der Waals surface area contributed by atoms with Crippen LogP contribution in [0, 0.1) is 19.3 Å². The van der Waals surface area contributed by atoms with Crippen LogP contribution in [0.3, 0.4) is 0 Å². The summed E-state index contributed by atoms with van der Waals surface area (Å²) >= 11 is 1.30. The summed E-state index contributed by atoms with van der Waals surface area (Å²) in [6.07, 6.45) is 4.61. The van der Waals surface area contributed by atoms with E-state index in [1.54, 1.807) is 16.6 Å². The molecule has 1 aromatic carbocycles. The summed E-state index contributed by atoms with van der Waals surface area (Å²) in [5.41, 5.74) is 1.61. The van der Waals surface area contributed by atoms with Crippen LogP contribution in [0.15, 0.2) is 33.0 Å². The minimum atomic E-state index is -3.53. The van der Waals surface area contributed by atoms with Crippen LogP contribution in [-0.2, 0) is 21.2 Å². The molecule has 2 saturated heterocycles. The summed E-state index contributed by atoms with van der Waals surface area (Å²) in [5, 5.41) is 8.34. The molecule has 2 aliphatic heterocycles. The number of hydrogen-bond acceptors (Lipinski definition) is 7. The largest absolute Gasteiger partial charge is 0.342 e. The van der Waals surface area contributed by atoms with Crippen LogP contribution in [0.2, 0.25) is 0 Å². The number of nitrogens with one attached hydrogen (secondary N) is 1. The van der Waals surface area contributed by atoms with Gasteiger partial charge in [0.2, 0.25) is 15.9 Å². The van der Waals surface area contributed by atoms with Crippen LogP contribution in [0.4, 0.5) is 0 Å². The van der Waals surface area contributed by atoms with Gasteiger partial charge in [-0.3, -0.25) is 14.6 Å². The zero-order valence-corrected chi connectivity index (χ0v) is 21.5. The Morgan fingerprint density at radius 1 is 1.15 bits per heavy atom. The van der Waals surface area contributed by atoms with Gasteiger partial charge in [-0.25, -0.2) is 8.42 Å². The lowest BCUT2D eigenvalue weighted by atomic mass is 9.78. The Labute approximate surface area is 204 Å². The highest BCUT2D eigenvalue weighted by molar-refractivity contribution is 7.98. The number of hydrogen-bond donors (Lipinski definition) is 1. The molecule has 0 bridgehead atoms. The molecule has 0 atom stereocenters. The van der Waals surface area contributed by atoms with E-state index in [0.717, 1.165) is 30.4 Å². The van der Waals surface area contributed by atoms with Crippen molar-refractivity contribution in [3.63, 3.8) is 0 Å². The minimum Gasteiger partial charge on any atom is -0.342 e. The molecule has 1 aromatic heterocycles. The Balaban J connectivity index is 1.34. The number of aromatic nitrogens is 3. The van der Waals surface area contributed by atoms with E-state index in [4.69, 9.17) is 0 Å². The third-order valence-corrected chi connectivity index (χ3v) is 9.66. The first-order valence-corrected chi connectivity index (χ1v) is 14.2. The van der Waals surface area contributed by atoms with Crippen LogP contribution < -0.4 is 5.56 Å². The molecule has 0 unspecified atom stereocenters. The lowest BCUT2D eigenvalue weighted by Gasteiger charge is -2.38. The minimum absolute atomic E-state index is 0.00236. The monoisotopic (exact) mass is 505 g/mol. The quantitative estimate of drug-likeness (QED) is 0.598. The number of carbonyl (C=O) groups is 1. The predicted octanol–water partition coefficient (Wildman–Crippen LogP) is 2.14. The van der Waals surface area contributed by atoms with Gasteiger partial charge in [0.05, 0.1) is 4.90 Å². The first-order chi connectivity index (χ1) is 16.1. The average Bonchev–Trinajstić information content (AvgIpc) is 3.23. The summed E-state index contributed by atoms with van der Waals surface area (Å²) in [6, 6.07) is 5.52. The number of carbonyl (C=O) groups excluding carboxylic acids is 1. The number of amides is 1. The lowest BCUT2D eigenvalue weighted by molar-refractivity contribution is -0.130. The summed E-state index contributed by atoms with van der Waals surface area (Å²) in [4.78, 5) is 29.8. The summed E-state index contributed by atoms with van der Waals surface area (Å²) in [6.45, 7) is 5.95. The fourth-order valence-electron chi connectivity index (χ4n) is 4.87. The van der Waals surface area contributed by atoms with E-state index in [1.165, 1.54) is 11.8 Å². The maximum Gasteiger partial charge on any atom is 0.273 e. The van der Waals surface area contributed by atoms with Crippen LogP contribution in [0.1, 0.15) is 42.5 Å². The Bertz CT molecular complexity index is 1240. The first-order valence-electron chi connectivity index (χ1n) is 11.5. The highest BCUT2D eigenvalue weighted by atomic mass is 32.2. The van der Waals surface area contributed by atoms with Crippen molar-refractivity contribution < 1.29 is 13.2 Å². The SMILES string of the molecule is CSc1nnc(CCC(=O)N2CCC3(CCN(S(=O)(=O)c4cc(C)ccc4C)CC3)C2)c(=O)[nH]1. The van der Waals surface area contributed by atoms with E-state index in [9.17, 15) is 18.0 Å². The third kappa shape index (κ3) is 5.06. The number of sulfonamides is 1. The van der Waals surface area contributed by atoms with Gasteiger partial charge in [-0.05, 0) is 62.0 Å². The zero-order chi connectivity index (χ0) is 24.5. The number of nitrogens with zero attached hydrogens (tertiary/aromatic N) is 4. The number of aromatic amines is 1. The molecule has 3 heterocycles. The number of aryl methyl sites for hydroxylation is 3. The Morgan fingerprint density at radius 2 is 1.85 bits per heavy atom. The molecule has 0 aliphatic carbocycles. The van der Waals surface area contributed by atoms with E-state index >= 15 is 0 Å². The molecule has 34 heavy (non-hydrogen) atoms. The van der Waals surface area contributed by atoms with E-state index in [0.29, 0.717) is 36.2 Å². The smallest absolute Gasteiger partial charge is 0.273 e. The number of benzene rings is 1. The van der Waals surface area contributed by atoms with Crippen molar-refractivity contribution in [1.82, 2.24) is 24.4 Å². The molecule has 0 radical (unpaired) electrons. The van der Waals surface area contributed by atoms with Gasteiger partial charge < -0.3 is 4.90 Å². The fraction of sp³-hybridized carbons (Fsp3) is 0.565. The van der Waals surface area contributed by atoms with Gasteiger partial charge in [-0.2, -0.15) is 4.31 Å². The number of piperidine rings is 1. The Morgan fingerprint density at radius 3 is 2.53 bits per heavy atom. The van der Waals surface area contributed by atoms with Gasteiger partial charge in [0.15, 0.2) is 5.16 Å². The molecule has 2 aliphatic rings. The van der Waals surface area contributed by atoms with Crippen LogP contribution in [0.25, 0.3) is 0 Å². The molecule has 2 aromatic rings. The molecular weight excluding hydrogens is 474 g/mol. The van der Waals surface area contributed by atoms with E-state index in [1.807, 2.05) is 30.9 Å². The molecule has 184 valence electrons. The van der Waals surface area contributed by atoms with E-state index in [2.05, 4.69) is 15.2 Å². The van der Waals surface area contributed by atoms with Crippen molar-refractivity contribution in [3.8, 4) is 0 Å². The average molecular weight is 506 g/mol. The standard InChI is InChI=1S/C23H31N5O4S2/c1-16-4-5-17(2)19(14-16)34(31,32)28-12-9-23(10-13-28)8-11-27(15-23)20(29)7-6-18-21(30)24-22(33-3)26-25-18/h4-5,14H,6-13,15H2,1-3H3,(H,24,26,30). The second kappa shape index (κ2) is 9.79. The third-order valence-electron chi connectivity index (χ3n) is 7.05. The van der Waals surface area contributed by atoms with Crippen molar-refractivity contribution in [2.45, 2.75) is 56.0 Å². The molecule has 1 N–H and O–H groups in total. The summed E-state index contributed by atoms with van der Waals surface area (Å²) in [5.74, 6) is -0.00236. The molecular formula is C23H31N5O4S2. The van der Waals surface area contributed by atoms with Crippen molar-refractivity contribution in [2.24, 2.45) is 5.41 Å². The number of thioether (sulfide) groups is 1. The molecule has 0 saturated carbocycles. The molecule has 1 spiro atoms. The van der Waals surface area contributed by atoms with Gasteiger partial charge in [0.1, 0.15) is 5.69 Å². The second-order valence-electron chi connectivity index (χ2n) is 9.35. The predicted molar refractivity (Wildman–Crippen MR) is 130 cm³/mol.